The zero-order valence-electron chi connectivity index (χ0n) is 15.8. The second-order valence-electron chi connectivity index (χ2n) is 6.15. The SMILES string of the molecule is COCCOCCOCCOc1ccc2c(c1)c(=O)c1ccccc1n2C. The Labute approximate surface area is 158 Å². The third kappa shape index (κ3) is 4.66. The average molecular weight is 371 g/mol. The number of pyridine rings is 1. The number of aryl methyl sites for hydroxylation is 1. The Morgan fingerprint density at radius 3 is 2.26 bits per heavy atom. The average Bonchev–Trinajstić information content (AvgIpc) is 2.70. The first-order chi connectivity index (χ1) is 13.2. The van der Waals surface area contributed by atoms with Gasteiger partial charge in [-0.05, 0) is 30.3 Å². The standard InChI is InChI=1S/C21H25NO5/c1-22-19-6-4-3-5-17(19)21(23)18-15-16(7-8-20(18)22)27-14-13-26-12-11-25-10-9-24-2/h3-8,15H,9-14H2,1-2H3. The van der Waals surface area contributed by atoms with Crippen LogP contribution >= 0.6 is 0 Å². The van der Waals surface area contributed by atoms with E-state index in [-0.39, 0.29) is 5.43 Å². The molecule has 0 aliphatic rings. The summed E-state index contributed by atoms with van der Waals surface area (Å²) in [5, 5.41) is 1.36. The van der Waals surface area contributed by atoms with Crippen LogP contribution in [0.15, 0.2) is 47.3 Å². The van der Waals surface area contributed by atoms with Crippen LogP contribution in [0.5, 0.6) is 5.75 Å². The topological polar surface area (TPSA) is 58.9 Å². The molecule has 6 heteroatoms. The molecule has 0 saturated carbocycles. The number of nitrogens with zero attached hydrogens (tertiary/aromatic N) is 1. The number of ether oxygens (including phenoxy) is 4. The molecule has 3 rings (SSSR count). The Balaban J connectivity index is 1.60. The Morgan fingerprint density at radius 1 is 0.815 bits per heavy atom. The molecule has 0 N–H and O–H groups in total. The van der Waals surface area contributed by atoms with Crippen molar-refractivity contribution in [2.24, 2.45) is 7.05 Å². The second-order valence-corrected chi connectivity index (χ2v) is 6.15. The summed E-state index contributed by atoms with van der Waals surface area (Å²) in [5.41, 5.74) is 1.83. The number of fused-ring (bicyclic) bond motifs is 2. The lowest BCUT2D eigenvalue weighted by Crippen LogP contribution is -2.13. The number of methoxy groups -OCH3 is 1. The molecule has 1 aromatic heterocycles. The Hall–Kier alpha value is -2.41. The summed E-state index contributed by atoms with van der Waals surface area (Å²) < 4.78 is 23.4. The normalized spacial score (nSPS) is 11.3. The van der Waals surface area contributed by atoms with Crippen LogP contribution in [0.2, 0.25) is 0 Å². The number of benzene rings is 2. The number of rotatable bonds is 10. The van der Waals surface area contributed by atoms with E-state index in [9.17, 15) is 4.79 Å². The molecule has 0 spiro atoms. The van der Waals surface area contributed by atoms with Crippen LogP contribution in [-0.2, 0) is 21.3 Å². The minimum Gasteiger partial charge on any atom is -0.491 e. The van der Waals surface area contributed by atoms with Gasteiger partial charge in [-0.25, -0.2) is 0 Å². The fourth-order valence-electron chi connectivity index (χ4n) is 2.99. The van der Waals surface area contributed by atoms with Crippen molar-refractivity contribution in [3.63, 3.8) is 0 Å². The maximum absolute atomic E-state index is 12.8. The number of hydrogen-bond acceptors (Lipinski definition) is 5. The van der Waals surface area contributed by atoms with Crippen LogP contribution in [0, 0.1) is 0 Å². The first-order valence-corrected chi connectivity index (χ1v) is 9.01. The van der Waals surface area contributed by atoms with Gasteiger partial charge in [-0.2, -0.15) is 0 Å². The molecule has 0 unspecified atom stereocenters. The highest BCUT2D eigenvalue weighted by molar-refractivity contribution is 5.93. The summed E-state index contributed by atoms with van der Waals surface area (Å²) in [7, 11) is 3.61. The van der Waals surface area contributed by atoms with Crippen molar-refractivity contribution in [2.75, 3.05) is 46.8 Å². The lowest BCUT2D eigenvalue weighted by atomic mass is 10.1. The maximum atomic E-state index is 12.8. The summed E-state index contributed by atoms with van der Waals surface area (Å²) >= 11 is 0. The summed E-state index contributed by atoms with van der Waals surface area (Å²) in [4.78, 5) is 12.8. The molecule has 0 bridgehead atoms. The smallest absolute Gasteiger partial charge is 0.197 e. The monoisotopic (exact) mass is 371 g/mol. The predicted molar refractivity (Wildman–Crippen MR) is 106 cm³/mol. The molecule has 27 heavy (non-hydrogen) atoms. The van der Waals surface area contributed by atoms with E-state index in [1.165, 1.54) is 0 Å². The van der Waals surface area contributed by atoms with E-state index in [0.717, 1.165) is 11.0 Å². The predicted octanol–water partition coefficient (Wildman–Crippen LogP) is 2.75. The van der Waals surface area contributed by atoms with Crippen LogP contribution < -0.4 is 10.2 Å². The van der Waals surface area contributed by atoms with E-state index in [1.807, 2.05) is 48.0 Å². The maximum Gasteiger partial charge on any atom is 0.197 e. The first kappa shape index (κ1) is 19.4. The van der Waals surface area contributed by atoms with Crippen molar-refractivity contribution in [3.05, 3.63) is 52.7 Å². The lowest BCUT2D eigenvalue weighted by Gasteiger charge is -2.12. The Morgan fingerprint density at radius 2 is 1.48 bits per heavy atom. The zero-order chi connectivity index (χ0) is 19.1. The molecule has 144 valence electrons. The van der Waals surface area contributed by atoms with Crippen LogP contribution in [0.3, 0.4) is 0 Å². The zero-order valence-corrected chi connectivity index (χ0v) is 15.8. The van der Waals surface area contributed by atoms with Crippen LogP contribution in [0.1, 0.15) is 0 Å². The van der Waals surface area contributed by atoms with Gasteiger partial charge in [-0.15, -0.1) is 0 Å². The van der Waals surface area contributed by atoms with Gasteiger partial charge in [0.1, 0.15) is 12.4 Å². The molecule has 6 nitrogen and oxygen atoms in total. The molecule has 0 aliphatic carbocycles. The van der Waals surface area contributed by atoms with Gasteiger partial charge in [0.2, 0.25) is 0 Å². The van der Waals surface area contributed by atoms with E-state index in [1.54, 1.807) is 13.2 Å². The van der Waals surface area contributed by atoms with Gasteiger partial charge in [0.15, 0.2) is 5.43 Å². The van der Waals surface area contributed by atoms with Crippen molar-refractivity contribution in [1.29, 1.82) is 0 Å². The minimum atomic E-state index is 0.0219. The third-order valence-corrected chi connectivity index (χ3v) is 4.38. The van der Waals surface area contributed by atoms with Crippen LogP contribution in [0.4, 0.5) is 0 Å². The minimum absolute atomic E-state index is 0.0219. The Bertz CT molecular complexity index is 950. The molecular weight excluding hydrogens is 346 g/mol. The highest BCUT2D eigenvalue weighted by Gasteiger charge is 2.09. The molecule has 0 radical (unpaired) electrons. The fourth-order valence-corrected chi connectivity index (χ4v) is 2.99. The van der Waals surface area contributed by atoms with Gasteiger partial charge in [0.05, 0.1) is 44.1 Å². The van der Waals surface area contributed by atoms with Crippen molar-refractivity contribution < 1.29 is 18.9 Å². The van der Waals surface area contributed by atoms with Crippen LogP contribution in [-0.4, -0.2) is 51.3 Å². The largest absolute Gasteiger partial charge is 0.491 e. The molecule has 0 saturated heterocycles. The summed E-state index contributed by atoms with van der Waals surface area (Å²) in [6, 6.07) is 13.2. The lowest BCUT2D eigenvalue weighted by molar-refractivity contribution is 0.0180. The molecule has 0 atom stereocenters. The molecule has 3 aromatic rings. The van der Waals surface area contributed by atoms with Crippen molar-refractivity contribution >= 4 is 21.8 Å². The van der Waals surface area contributed by atoms with Crippen LogP contribution in [0.25, 0.3) is 21.8 Å². The highest BCUT2D eigenvalue weighted by Crippen LogP contribution is 2.22. The molecule has 0 fully saturated rings. The van der Waals surface area contributed by atoms with Gasteiger partial charge in [-0.1, -0.05) is 12.1 Å². The van der Waals surface area contributed by atoms with Gasteiger partial charge in [0, 0.05) is 24.9 Å². The summed E-state index contributed by atoms with van der Waals surface area (Å²) in [6.07, 6.45) is 0. The van der Waals surface area contributed by atoms with Gasteiger partial charge >= 0.3 is 0 Å². The van der Waals surface area contributed by atoms with Crippen molar-refractivity contribution in [3.8, 4) is 5.75 Å². The van der Waals surface area contributed by atoms with E-state index in [2.05, 4.69) is 0 Å². The fraction of sp³-hybridized carbons (Fsp3) is 0.381. The van der Waals surface area contributed by atoms with Crippen molar-refractivity contribution in [2.45, 2.75) is 0 Å². The number of aromatic nitrogens is 1. The van der Waals surface area contributed by atoms with E-state index in [0.29, 0.717) is 56.2 Å². The van der Waals surface area contributed by atoms with E-state index in [4.69, 9.17) is 18.9 Å². The quantitative estimate of drug-likeness (QED) is 0.405. The first-order valence-electron chi connectivity index (χ1n) is 9.01. The molecular formula is C21H25NO5. The molecule has 0 aliphatic heterocycles. The summed E-state index contributed by atoms with van der Waals surface area (Å²) in [6.45, 7) is 3.07. The molecule has 0 amide bonds. The highest BCUT2D eigenvalue weighted by atomic mass is 16.6. The molecule has 1 heterocycles. The Kier molecular flexibility index (Phi) is 6.81. The molecule has 2 aromatic carbocycles. The summed E-state index contributed by atoms with van der Waals surface area (Å²) in [5.74, 6) is 0.662. The van der Waals surface area contributed by atoms with Gasteiger partial charge < -0.3 is 23.5 Å². The van der Waals surface area contributed by atoms with E-state index >= 15 is 0 Å². The van der Waals surface area contributed by atoms with Crippen molar-refractivity contribution in [1.82, 2.24) is 4.57 Å². The second kappa shape index (κ2) is 9.50. The number of hydrogen-bond donors (Lipinski definition) is 0. The third-order valence-electron chi connectivity index (χ3n) is 4.38. The van der Waals surface area contributed by atoms with E-state index < -0.39 is 0 Å². The number of para-hydroxylation sites is 1. The van der Waals surface area contributed by atoms with Gasteiger partial charge in [-0.3, -0.25) is 4.79 Å². The van der Waals surface area contributed by atoms with Gasteiger partial charge in [0.25, 0.3) is 0 Å².